The molecule has 0 aromatic heterocycles. The van der Waals surface area contributed by atoms with Gasteiger partial charge in [0.15, 0.2) is 5.96 Å². The highest BCUT2D eigenvalue weighted by Crippen LogP contribution is 2.16. The molecule has 5 heteroatoms. The Bertz CT molecular complexity index is 463. The fourth-order valence-electron chi connectivity index (χ4n) is 2.02. The van der Waals surface area contributed by atoms with E-state index in [2.05, 4.69) is 63.6 Å². The van der Waals surface area contributed by atoms with Crippen molar-refractivity contribution < 1.29 is 4.74 Å². The van der Waals surface area contributed by atoms with Gasteiger partial charge >= 0.3 is 0 Å². The number of nitrogens with one attached hydrogen (secondary N) is 2. The molecule has 0 spiro atoms. The van der Waals surface area contributed by atoms with Gasteiger partial charge in [0, 0.05) is 30.8 Å². The van der Waals surface area contributed by atoms with Crippen LogP contribution in [-0.4, -0.2) is 32.3 Å². The molecule has 0 saturated carbocycles. The molecule has 0 unspecified atom stereocenters. The van der Waals surface area contributed by atoms with Crippen LogP contribution in [-0.2, 0) is 11.3 Å². The van der Waals surface area contributed by atoms with E-state index in [0.717, 1.165) is 49.6 Å². The molecule has 0 bridgehead atoms. The summed E-state index contributed by atoms with van der Waals surface area (Å²) < 4.78 is 6.45. The van der Waals surface area contributed by atoms with Crippen LogP contribution >= 0.6 is 15.9 Å². The lowest BCUT2D eigenvalue weighted by Gasteiger charge is -2.12. The van der Waals surface area contributed by atoms with Gasteiger partial charge in [-0.15, -0.1) is 0 Å². The molecular weight excluding hydrogens is 342 g/mol. The minimum absolute atomic E-state index is 0.688. The Morgan fingerprint density at radius 1 is 1.23 bits per heavy atom. The summed E-state index contributed by atoms with van der Waals surface area (Å²) in [5.41, 5.74) is 2.50. The molecule has 0 atom stereocenters. The zero-order chi connectivity index (χ0) is 16.2. The number of nitrogens with zero attached hydrogens (tertiary/aromatic N) is 1. The molecule has 0 aliphatic heterocycles. The van der Waals surface area contributed by atoms with Crippen molar-refractivity contribution >= 4 is 21.9 Å². The first kappa shape index (κ1) is 19.0. The summed E-state index contributed by atoms with van der Waals surface area (Å²) >= 11 is 3.49. The summed E-state index contributed by atoms with van der Waals surface area (Å²) in [6.45, 7) is 10.3. The first-order valence-corrected chi connectivity index (χ1v) is 8.81. The SMILES string of the molecule is CCNC(=NCc1ccc(Br)cc1C)NCCCCOCC. The molecule has 22 heavy (non-hydrogen) atoms. The number of aliphatic imine (C=N–C) groups is 1. The summed E-state index contributed by atoms with van der Waals surface area (Å²) in [7, 11) is 0. The molecule has 0 radical (unpaired) electrons. The van der Waals surface area contributed by atoms with E-state index in [4.69, 9.17) is 4.74 Å². The lowest BCUT2D eigenvalue weighted by atomic mass is 10.1. The minimum atomic E-state index is 0.688. The van der Waals surface area contributed by atoms with E-state index in [1.807, 2.05) is 6.92 Å². The average molecular weight is 370 g/mol. The van der Waals surface area contributed by atoms with Crippen molar-refractivity contribution in [2.45, 2.75) is 40.2 Å². The van der Waals surface area contributed by atoms with Crippen LogP contribution in [0.25, 0.3) is 0 Å². The number of ether oxygens (including phenoxy) is 1. The second kappa shape index (κ2) is 11.5. The third-order valence-corrected chi connectivity index (χ3v) is 3.76. The van der Waals surface area contributed by atoms with E-state index in [0.29, 0.717) is 6.54 Å². The van der Waals surface area contributed by atoms with E-state index in [9.17, 15) is 0 Å². The van der Waals surface area contributed by atoms with Crippen LogP contribution < -0.4 is 10.6 Å². The van der Waals surface area contributed by atoms with Gasteiger partial charge in [-0.1, -0.05) is 22.0 Å². The van der Waals surface area contributed by atoms with Crippen molar-refractivity contribution in [3.8, 4) is 0 Å². The number of hydrogen-bond donors (Lipinski definition) is 2. The molecule has 0 aliphatic rings. The van der Waals surface area contributed by atoms with Crippen molar-refractivity contribution in [3.63, 3.8) is 0 Å². The smallest absolute Gasteiger partial charge is 0.191 e. The summed E-state index contributed by atoms with van der Waals surface area (Å²) in [6.07, 6.45) is 2.16. The molecular formula is C17H28BrN3O. The molecule has 1 rings (SSSR count). The normalized spacial score (nSPS) is 11.5. The lowest BCUT2D eigenvalue weighted by Crippen LogP contribution is -2.37. The average Bonchev–Trinajstić information content (AvgIpc) is 2.49. The van der Waals surface area contributed by atoms with Crippen molar-refractivity contribution in [2.24, 2.45) is 4.99 Å². The van der Waals surface area contributed by atoms with Gasteiger partial charge in [0.2, 0.25) is 0 Å². The third-order valence-electron chi connectivity index (χ3n) is 3.27. The molecule has 0 amide bonds. The van der Waals surface area contributed by atoms with Gasteiger partial charge in [0.25, 0.3) is 0 Å². The first-order valence-electron chi connectivity index (χ1n) is 8.02. The molecule has 0 saturated heterocycles. The Morgan fingerprint density at radius 3 is 2.73 bits per heavy atom. The molecule has 4 nitrogen and oxygen atoms in total. The zero-order valence-corrected chi connectivity index (χ0v) is 15.5. The second-order valence-corrected chi connectivity index (χ2v) is 6.01. The maximum atomic E-state index is 5.34. The Balaban J connectivity index is 2.44. The summed E-state index contributed by atoms with van der Waals surface area (Å²) in [4.78, 5) is 4.66. The fraction of sp³-hybridized carbons (Fsp3) is 0.588. The van der Waals surface area contributed by atoms with Gasteiger partial charge in [0.05, 0.1) is 6.54 Å². The van der Waals surface area contributed by atoms with Gasteiger partial charge < -0.3 is 15.4 Å². The molecule has 0 fully saturated rings. The van der Waals surface area contributed by atoms with Crippen LogP contribution in [0.1, 0.15) is 37.8 Å². The standard InChI is InChI=1S/C17H28BrN3O/c1-4-19-17(20-10-6-7-11-22-5-2)21-13-15-8-9-16(18)12-14(15)3/h8-9,12H,4-7,10-11,13H2,1-3H3,(H2,19,20,21). The first-order chi connectivity index (χ1) is 10.7. The molecule has 124 valence electrons. The molecule has 1 aromatic rings. The number of hydrogen-bond acceptors (Lipinski definition) is 2. The number of guanidine groups is 1. The van der Waals surface area contributed by atoms with Crippen LogP contribution in [0.5, 0.6) is 0 Å². The molecule has 2 N–H and O–H groups in total. The van der Waals surface area contributed by atoms with Gasteiger partial charge in [-0.25, -0.2) is 4.99 Å². The van der Waals surface area contributed by atoms with Crippen LogP contribution in [0.3, 0.4) is 0 Å². The van der Waals surface area contributed by atoms with Gasteiger partial charge in [-0.05, 0) is 56.9 Å². The maximum absolute atomic E-state index is 5.34. The van der Waals surface area contributed by atoms with Gasteiger partial charge in [0.1, 0.15) is 0 Å². The van der Waals surface area contributed by atoms with E-state index in [1.54, 1.807) is 0 Å². The van der Waals surface area contributed by atoms with Crippen molar-refractivity contribution in [1.82, 2.24) is 10.6 Å². The Morgan fingerprint density at radius 2 is 2.05 bits per heavy atom. The number of benzene rings is 1. The highest BCUT2D eigenvalue weighted by Gasteiger charge is 2.00. The van der Waals surface area contributed by atoms with E-state index in [1.165, 1.54) is 11.1 Å². The Labute approximate surface area is 142 Å². The van der Waals surface area contributed by atoms with Crippen LogP contribution in [0.2, 0.25) is 0 Å². The summed E-state index contributed by atoms with van der Waals surface area (Å²) in [6, 6.07) is 6.30. The van der Waals surface area contributed by atoms with E-state index < -0.39 is 0 Å². The number of unbranched alkanes of at least 4 members (excludes halogenated alkanes) is 1. The number of aryl methyl sites for hydroxylation is 1. The number of rotatable bonds is 9. The number of halogens is 1. The van der Waals surface area contributed by atoms with E-state index >= 15 is 0 Å². The van der Waals surface area contributed by atoms with Crippen LogP contribution in [0.4, 0.5) is 0 Å². The summed E-state index contributed by atoms with van der Waals surface area (Å²) in [5, 5.41) is 6.66. The van der Waals surface area contributed by atoms with Crippen molar-refractivity contribution in [3.05, 3.63) is 33.8 Å². The highest BCUT2D eigenvalue weighted by atomic mass is 79.9. The minimum Gasteiger partial charge on any atom is -0.382 e. The second-order valence-electron chi connectivity index (χ2n) is 5.10. The topological polar surface area (TPSA) is 45.7 Å². The zero-order valence-electron chi connectivity index (χ0n) is 13.9. The monoisotopic (exact) mass is 369 g/mol. The Hall–Kier alpha value is -1.07. The summed E-state index contributed by atoms with van der Waals surface area (Å²) in [5.74, 6) is 0.876. The Kier molecular flexibility index (Phi) is 9.91. The third kappa shape index (κ3) is 7.80. The lowest BCUT2D eigenvalue weighted by molar-refractivity contribution is 0.143. The fourth-order valence-corrected chi connectivity index (χ4v) is 2.50. The molecule has 1 aromatic carbocycles. The maximum Gasteiger partial charge on any atom is 0.191 e. The quantitative estimate of drug-likeness (QED) is 0.396. The van der Waals surface area contributed by atoms with Gasteiger partial charge in [-0.3, -0.25) is 0 Å². The highest BCUT2D eigenvalue weighted by molar-refractivity contribution is 9.10. The van der Waals surface area contributed by atoms with Crippen LogP contribution in [0, 0.1) is 6.92 Å². The van der Waals surface area contributed by atoms with E-state index in [-0.39, 0.29) is 0 Å². The molecule has 0 aliphatic carbocycles. The van der Waals surface area contributed by atoms with Crippen LogP contribution in [0.15, 0.2) is 27.7 Å². The van der Waals surface area contributed by atoms with Crippen molar-refractivity contribution in [2.75, 3.05) is 26.3 Å². The molecule has 0 heterocycles. The predicted octanol–water partition coefficient (Wildman–Crippen LogP) is 3.63. The van der Waals surface area contributed by atoms with Crippen molar-refractivity contribution in [1.29, 1.82) is 0 Å². The largest absolute Gasteiger partial charge is 0.382 e. The predicted molar refractivity (Wildman–Crippen MR) is 97.4 cm³/mol. The van der Waals surface area contributed by atoms with Gasteiger partial charge in [-0.2, -0.15) is 0 Å².